The second-order valence-corrected chi connectivity index (χ2v) is 2.36. The van der Waals surface area contributed by atoms with Crippen LogP contribution in [0.4, 0.5) is 0 Å². The van der Waals surface area contributed by atoms with Crippen LogP contribution in [0.15, 0.2) is 0 Å². The van der Waals surface area contributed by atoms with E-state index in [1.54, 1.807) is 0 Å². The van der Waals surface area contributed by atoms with Crippen molar-refractivity contribution in [3.05, 3.63) is 0 Å². The summed E-state index contributed by atoms with van der Waals surface area (Å²) in [6, 6.07) is 0. The molecule has 62 valence electrons. The lowest BCUT2D eigenvalue weighted by atomic mass is 10.5. The Hall–Kier alpha value is 0.170. The van der Waals surface area contributed by atoms with Crippen LogP contribution in [0.2, 0.25) is 0 Å². The topological polar surface area (TPSA) is 21.7 Å². The highest BCUT2D eigenvalue weighted by atomic mass is 35.5. The van der Waals surface area contributed by atoms with Crippen LogP contribution in [-0.2, 0) is 9.47 Å². The van der Waals surface area contributed by atoms with Crippen LogP contribution in [-0.4, -0.2) is 45.0 Å². The van der Waals surface area contributed by atoms with Gasteiger partial charge in [0.05, 0.1) is 19.8 Å². The fourth-order valence-corrected chi connectivity index (χ4v) is 0.773. The van der Waals surface area contributed by atoms with E-state index in [9.17, 15) is 0 Å². The number of ether oxygens (including phenoxy) is 2. The van der Waals surface area contributed by atoms with Gasteiger partial charge in [-0.15, -0.1) is 12.4 Å². The van der Waals surface area contributed by atoms with Gasteiger partial charge in [0.25, 0.3) is 0 Å². The molecule has 0 radical (unpaired) electrons. The summed E-state index contributed by atoms with van der Waals surface area (Å²) in [4.78, 5) is 2.01. The van der Waals surface area contributed by atoms with E-state index < -0.39 is 0 Å². The molecule has 0 saturated carbocycles. The lowest BCUT2D eigenvalue weighted by molar-refractivity contribution is -0.141. The van der Waals surface area contributed by atoms with Crippen molar-refractivity contribution in [3.8, 4) is 0 Å². The van der Waals surface area contributed by atoms with Gasteiger partial charge in [-0.3, -0.25) is 4.90 Å². The molecular formula is C6H14ClNO2. The largest absolute Gasteiger partial charge is 0.375 e. The molecule has 3 nitrogen and oxygen atoms in total. The quantitative estimate of drug-likeness (QED) is 0.563. The molecule has 0 unspecified atom stereocenters. The molecule has 4 heteroatoms. The van der Waals surface area contributed by atoms with Crippen LogP contribution in [0.5, 0.6) is 0 Å². The molecule has 0 aromatic carbocycles. The minimum Gasteiger partial charge on any atom is -0.375 e. The Morgan fingerprint density at radius 2 is 2.00 bits per heavy atom. The Morgan fingerprint density at radius 1 is 1.30 bits per heavy atom. The van der Waals surface area contributed by atoms with Crippen LogP contribution < -0.4 is 0 Å². The van der Waals surface area contributed by atoms with Crippen molar-refractivity contribution >= 4 is 12.4 Å². The number of hydrogen-bond donors (Lipinski definition) is 0. The number of likely N-dealkylation sites (N-methyl/N-ethyl adjacent to an activating group) is 1. The molecule has 0 bridgehead atoms. The predicted molar refractivity (Wildman–Crippen MR) is 41.5 cm³/mol. The molecule has 0 amide bonds. The second kappa shape index (κ2) is 4.91. The number of hydrogen-bond acceptors (Lipinski definition) is 3. The van der Waals surface area contributed by atoms with E-state index in [4.69, 9.17) is 9.47 Å². The van der Waals surface area contributed by atoms with Crippen molar-refractivity contribution in [1.29, 1.82) is 0 Å². The molecule has 1 fully saturated rings. The average molecular weight is 168 g/mol. The van der Waals surface area contributed by atoms with Crippen molar-refractivity contribution < 1.29 is 9.47 Å². The third-order valence-electron chi connectivity index (χ3n) is 1.37. The standard InChI is InChI=1S/C6H13NO2.ClH/c1-7(2)6-5-8-3-4-9-6;/h6H,3-5H2,1-2H3;1H/t6-;/m1./s1. The molecular weight excluding hydrogens is 154 g/mol. The van der Waals surface area contributed by atoms with E-state index in [-0.39, 0.29) is 18.6 Å². The monoisotopic (exact) mass is 167 g/mol. The van der Waals surface area contributed by atoms with Crippen molar-refractivity contribution in [2.45, 2.75) is 6.23 Å². The first kappa shape index (κ1) is 10.2. The third kappa shape index (κ3) is 2.84. The summed E-state index contributed by atoms with van der Waals surface area (Å²) in [5.74, 6) is 0. The first-order valence-corrected chi connectivity index (χ1v) is 3.16. The van der Waals surface area contributed by atoms with Gasteiger partial charge in [0.1, 0.15) is 6.23 Å². The second-order valence-electron chi connectivity index (χ2n) is 2.36. The van der Waals surface area contributed by atoms with Gasteiger partial charge in [-0.05, 0) is 14.1 Å². The lowest BCUT2D eigenvalue weighted by Crippen LogP contribution is -2.39. The zero-order valence-corrected chi connectivity index (χ0v) is 7.19. The summed E-state index contributed by atoms with van der Waals surface area (Å²) in [7, 11) is 3.97. The molecule has 0 aliphatic carbocycles. The molecule has 0 N–H and O–H groups in total. The normalized spacial score (nSPS) is 26.1. The highest BCUT2D eigenvalue weighted by Crippen LogP contribution is 2.01. The first-order valence-electron chi connectivity index (χ1n) is 3.16. The minimum atomic E-state index is 0. The van der Waals surface area contributed by atoms with Gasteiger partial charge < -0.3 is 9.47 Å². The number of halogens is 1. The third-order valence-corrected chi connectivity index (χ3v) is 1.37. The summed E-state index contributed by atoms with van der Waals surface area (Å²) in [5, 5.41) is 0. The van der Waals surface area contributed by atoms with Crippen molar-refractivity contribution in [2.24, 2.45) is 0 Å². The summed E-state index contributed by atoms with van der Waals surface area (Å²) < 4.78 is 10.5. The van der Waals surface area contributed by atoms with Crippen LogP contribution in [0.25, 0.3) is 0 Å². The molecule has 0 aromatic rings. The van der Waals surface area contributed by atoms with Gasteiger partial charge in [0, 0.05) is 0 Å². The van der Waals surface area contributed by atoms with E-state index in [0.717, 1.165) is 13.2 Å². The van der Waals surface area contributed by atoms with Gasteiger partial charge in [0.15, 0.2) is 0 Å². The van der Waals surface area contributed by atoms with Gasteiger partial charge in [-0.2, -0.15) is 0 Å². The van der Waals surface area contributed by atoms with E-state index in [2.05, 4.69) is 0 Å². The van der Waals surface area contributed by atoms with E-state index >= 15 is 0 Å². The molecule has 1 atom stereocenters. The maximum atomic E-state index is 5.34. The van der Waals surface area contributed by atoms with Crippen LogP contribution >= 0.6 is 12.4 Å². The highest BCUT2D eigenvalue weighted by Gasteiger charge is 2.14. The Balaban J connectivity index is 0.000000810. The zero-order valence-electron chi connectivity index (χ0n) is 6.37. The fourth-order valence-electron chi connectivity index (χ4n) is 0.773. The van der Waals surface area contributed by atoms with Crippen LogP contribution in [0.3, 0.4) is 0 Å². The molecule has 1 aliphatic heterocycles. The summed E-state index contributed by atoms with van der Waals surface area (Å²) in [6.45, 7) is 2.17. The Bertz CT molecular complexity index is 83.8. The predicted octanol–water partition coefficient (Wildman–Crippen LogP) is 0.343. The maximum absolute atomic E-state index is 5.34. The SMILES string of the molecule is CN(C)[C@H]1COCCO1.Cl. The van der Waals surface area contributed by atoms with Gasteiger partial charge in [-0.1, -0.05) is 0 Å². The van der Waals surface area contributed by atoms with Gasteiger partial charge in [-0.25, -0.2) is 0 Å². The molecule has 1 saturated heterocycles. The number of rotatable bonds is 1. The highest BCUT2D eigenvalue weighted by molar-refractivity contribution is 5.85. The van der Waals surface area contributed by atoms with E-state index in [1.165, 1.54) is 0 Å². The maximum Gasteiger partial charge on any atom is 0.133 e. The molecule has 1 rings (SSSR count). The lowest BCUT2D eigenvalue weighted by Gasteiger charge is -2.27. The summed E-state index contributed by atoms with van der Waals surface area (Å²) in [6.07, 6.45) is 0.166. The molecule has 0 spiro atoms. The Kier molecular flexibility index (Phi) is 4.99. The Labute approximate surface area is 67.7 Å². The van der Waals surface area contributed by atoms with E-state index in [0.29, 0.717) is 6.61 Å². The van der Waals surface area contributed by atoms with E-state index in [1.807, 2.05) is 19.0 Å². The van der Waals surface area contributed by atoms with Crippen molar-refractivity contribution in [3.63, 3.8) is 0 Å². The fraction of sp³-hybridized carbons (Fsp3) is 1.00. The molecule has 10 heavy (non-hydrogen) atoms. The average Bonchev–Trinajstić information content (AvgIpc) is 1.90. The van der Waals surface area contributed by atoms with Gasteiger partial charge in [0.2, 0.25) is 0 Å². The summed E-state index contributed by atoms with van der Waals surface area (Å²) >= 11 is 0. The summed E-state index contributed by atoms with van der Waals surface area (Å²) in [5.41, 5.74) is 0. The number of nitrogens with zero attached hydrogens (tertiary/aromatic N) is 1. The Morgan fingerprint density at radius 3 is 2.30 bits per heavy atom. The van der Waals surface area contributed by atoms with Crippen LogP contribution in [0, 0.1) is 0 Å². The van der Waals surface area contributed by atoms with Crippen molar-refractivity contribution in [2.75, 3.05) is 33.9 Å². The zero-order chi connectivity index (χ0) is 6.69. The molecule has 1 aliphatic rings. The smallest absolute Gasteiger partial charge is 0.133 e. The van der Waals surface area contributed by atoms with Crippen molar-refractivity contribution in [1.82, 2.24) is 4.90 Å². The minimum absolute atomic E-state index is 0. The molecule has 0 aromatic heterocycles. The van der Waals surface area contributed by atoms with Crippen LogP contribution in [0.1, 0.15) is 0 Å². The molecule has 1 heterocycles. The van der Waals surface area contributed by atoms with Gasteiger partial charge >= 0.3 is 0 Å². The first-order chi connectivity index (χ1) is 4.30.